The summed E-state index contributed by atoms with van der Waals surface area (Å²) in [5.41, 5.74) is 0. The van der Waals surface area contributed by atoms with Gasteiger partial charge >= 0.3 is 39.5 Å². The van der Waals surface area contributed by atoms with Crippen molar-refractivity contribution in [3.05, 3.63) is 0 Å². The summed E-state index contributed by atoms with van der Waals surface area (Å²) >= 11 is 0. The molecule has 0 saturated heterocycles. The van der Waals surface area contributed by atoms with Gasteiger partial charge in [-0.1, -0.05) is 330 Å². The number of aliphatic hydroxyl groups is 1. The Morgan fingerprint density at radius 3 is 0.763 bits per heavy atom. The van der Waals surface area contributed by atoms with Crippen LogP contribution < -0.4 is 0 Å². The van der Waals surface area contributed by atoms with E-state index in [2.05, 4.69) is 41.5 Å². The first-order chi connectivity index (χ1) is 44.9. The number of aliphatic hydroxyl groups excluding tert-OH is 1. The molecule has 0 aliphatic rings. The third-order valence-electron chi connectivity index (χ3n) is 17.9. The van der Waals surface area contributed by atoms with Crippen LogP contribution in [0.3, 0.4) is 0 Å². The Morgan fingerprint density at radius 2 is 0.516 bits per heavy atom. The van der Waals surface area contributed by atoms with Crippen LogP contribution in [-0.4, -0.2) is 96.7 Å². The highest BCUT2D eigenvalue weighted by atomic mass is 31.2. The van der Waals surface area contributed by atoms with Gasteiger partial charge in [0.2, 0.25) is 0 Å². The SMILES string of the molecule is CCCCCCCCCCCCCCCC(=O)OC[C@H](COP(=O)(O)OC[C@@H](O)COP(=O)(O)OC[C@@H](COC(=O)CCCCCCCCC(C)CC)OC(=O)CCCCCCCCCCCCCC)OC(=O)CCCCCCCCCCCCCCCCC(C)CC. The van der Waals surface area contributed by atoms with Gasteiger partial charge in [-0.2, -0.15) is 0 Å². The summed E-state index contributed by atoms with van der Waals surface area (Å²) in [5.74, 6) is -0.540. The molecule has 4 unspecified atom stereocenters. The number of carbonyl (C=O) groups is 4. The number of carbonyl (C=O) groups excluding carboxylic acids is 4. The average Bonchev–Trinajstić information content (AvgIpc) is 2.44. The van der Waals surface area contributed by atoms with Crippen molar-refractivity contribution in [2.45, 2.75) is 400 Å². The Bertz CT molecular complexity index is 1810. The molecule has 552 valence electrons. The second kappa shape index (κ2) is 66.0. The fourth-order valence-corrected chi connectivity index (χ4v) is 12.8. The maximum absolute atomic E-state index is 13.1. The minimum absolute atomic E-state index is 0.106. The molecule has 0 rings (SSSR count). The molecular weight excluding hydrogens is 1220 g/mol. The van der Waals surface area contributed by atoms with Crippen LogP contribution in [0.2, 0.25) is 0 Å². The summed E-state index contributed by atoms with van der Waals surface area (Å²) < 4.78 is 68.4. The van der Waals surface area contributed by atoms with E-state index in [0.29, 0.717) is 25.7 Å². The van der Waals surface area contributed by atoms with Gasteiger partial charge in [-0.15, -0.1) is 0 Å². The van der Waals surface area contributed by atoms with Gasteiger partial charge in [-0.25, -0.2) is 9.13 Å². The number of phosphoric acid groups is 2. The number of hydrogen-bond acceptors (Lipinski definition) is 15. The van der Waals surface area contributed by atoms with Gasteiger partial charge in [-0.3, -0.25) is 37.3 Å². The predicted molar refractivity (Wildman–Crippen MR) is 377 cm³/mol. The topological polar surface area (TPSA) is 237 Å². The molecule has 0 aromatic heterocycles. The molecule has 0 amide bonds. The van der Waals surface area contributed by atoms with Gasteiger partial charge < -0.3 is 33.8 Å². The highest BCUT2D eigenvalue weighted by Gasteiger charge is 2.30. The zero-order valence-electron chi connectivity index (χ0n) is 60.6. The first-order valence-corrected chi connectivity index (χ1v) is 41.6. The van der Waals surface area contributed by atoms with Crippen molar-refractivity contribution in [3.8, 4) is 0 Å². The van der Waals surface area contributed by atoms with Gasteiger partial charge in [0.15, 0.2) is 12.2 Å². The lowest BCUT2D eigenvalue weighted by molar-refractivity contribution is -0.161. The van der Waals surface area contributed by atoms with Crippen LogP contribution in [0.5, 0.6) is 0 Å². The van der Waals surface area contributed by atoms with Gasteiger partial charge in [0.25, 0.3) is 0 Å². The Morgan fingerprint density at radius 1 is 0.301 bits per heavy atom. The summed E-state index contributed by atoms with van der Waals surface area (Å²) in [6, 6.07) is 0. The van der Waals surface area contributed by atoms with Crippen LogP contribution in [-0.2, 0) is 65.4 Å². The minimum Gasteiger partial charge on any atom is -0.462 e. The summed E-state index contributed by atoms with van der Waals surface area (Å²) in [5, 5.41) is 10.6. The molecule has 0 aliphatic carbocycles. The van der Waals surface area contributed by atoms with Gasteiger partial charge in [0.05, 0.1) is 26.4 Å². The molecule has 0 radical (unpaired) electrons. The third kappa shape index (κ3) is 65.8. The molecule has 3 N–H and O–H groups in total. The lowest BCUT2D eigenvalue weighted by atomic mass is 9.99. The molecule has 7 atom stereocenters. The first kappa shape index (κ1) is 91.1. The van der Waals surface area contributed by atoms with E-state index >= 15 is 0 Å². The molecule has 19 heteroatoms. The minimum atomic E-state index is -4.96. The Labute approximate surface area is 568 Å². The largest absolute Gasteiger partial charge is 0.472 e. The van der Waals surface area contributed by atoms with E-state index in [0.717, 1.165) is 108 Å². The van der Waals surface area contributed by atoms with Crippen LogP contribution in [0, 0.1) is 11.8 Å². The molecule has 0 saturated carbocycles. The number of esters is 4. The van der Waals surface area contributed by atoms with Crippen LogP contribution in [0.15, 0.2) is 0 Å². The van der Waals surface area contributed by atoms with E-state index in [4.69, 9.17) is 37.0 Å². The van der Waals surface area contributed by atoms with Gasteiger partial charge in [-0.05, 0) is 37.5 Å². The summed E-state index contributed by atoms with van der Waals surface area (Å²) in [4.78, 5) is 72.7. The number of ether oxygens (including phenoxy) is 4. The maximum atomic E-state index is 13.1. The first-order valence-electron chi connectivity index (χ1n) is 38.6. The van der Waals surface area contributed by atoms with E-state index in [1.54, 1.807) is 0 Å². The van der Waals surface area contributed by atoms with Crippen LogP contribution in [0.4, 0.5) is 0 Å². The number of hydrogen-bond donors (Lipinski definition) is 3. The molecular formula is C74H144O17P2. The Hall–Kier alpha value is -1.94. The number of phosphoric ester groups is 2. The molecule has 0 aromatic rings. The predicted octanol–water partition coefficient (Wildman–Crippen LogP) is 21.6. The number of rotatable bonds is 73. The zero-order valence-corrected chi connectivity index (χ0v) is 62.3. The zero-order chi connectivity index (χ0) is 68.6. The lowest BCUT2D eigenvalue weighted by Crippen LogP contribution is -2.30. The van der Waals surface area contributed by atoms with Crippen molar-refractivity contribution in [3.63, 3.8) is 0 Å². The third-order valence-corrected chi connectivity index (χ3v) is 19.8. The molecule has 0 aromatic carbocycles. The highest BCUT2D eigenvalue weighted by molar-refractivity contribution is 7.47. The maximum Gasteiger partial charge on any atom is 0.472 e. The monoisotopic (exact) mass is 1370 g/mol. The smallest absolute Gasteiger partial charge is 0.462 e. The molecule has 0 heterocycles. The molecule has 0 aliphatic heterocycles. The Balaban J connectivity index is 5.24. The second-order valence-electron chi connectivity index (χ2n) is 27.2. The van der Waals surface area contributed by atoms with Crippen molar-refractivity contribution in [2.75, 3.05) is 39.6 Å². The normalized spacial score (nSPS) is 14.6. The fourth-order valence-electron chi connectivity index (χ4n) is 11.2. The lowest BCUT2D eigenvalue weighted by Gasteiger charge is -2.21. The average molecular weight is 1370 g/mol. The van der Waals surface area contributed by atoms with E-state index in [9.17, 15) is 43.2 Å². The van der Waals surface area contributed by atoms with Crippen LogP contribution in [0.1, 0.15) is 382 Å². The quantitative estimate of drug-likeness (QED) is 0.0222. The van der Waals surface area contributed by atoms with Crippen molar-refractivity contribution < 1.29 is 80.2 Å². The van der Waals surface area contributed by atoms with E-state index in [1.807, 2.05) is 0 Å². The van der Waals surface area contributed by atoms with Gasteiger partial charge in [0, 0.05) is 25.7 Å². The molecule has 0 spiro atoms. The molecule has 0 bridgehead atoms. The van der Waals surface area contributed by atoms with Crippen LogP contribution >= 0.6 is 15.6 Å². The fraction of sp³-hybridized carbons (Fsp3) is 0.946. The highest BCUT2D eigenvalue weighted by Crippen LogP contribution is 2.45. The van der Waals surface area contributed by atoms with Crippen molar-refractivity contribution in [1.82, 2.24) is 0 Å². The second-order valence-corrected chi connectivity index (χ2v) is 30.1. The molecule has 0 fully saturated rings. The van der Waals surface area contributed by atoms with E-state index in [-0.39, 0.29) is 25.7 Å². The molecule has 17 nitrogen and oxygen atoms in total. The van der Waals surface area contributed by atoms with Crippen LogP contribution in [0.25, 0.3) is 0 Å². The van der Waals surface area contributed by atoms with Crippen molar-refractivity contribution >= 4 is 39.5 Å². The van der Waals surface area contributed by atoms with Gasteiger partial charge in [0.1, 0.15) is 19.3 Å². The van der Waals surface area contributed by atoms with E-state index < -0.39 is 97.5 Å². The van der Waals surface area contributed by atoms with Crippen molar-refractivity contribution in [1.29, 1.82) is 0 Å². The Kier molecular flexibility index (Phi) is 64.6. The summed E-state index contributed by atoms with van der Waals surface area (Å²) in [6.07, 6.45) is 52.5. The molecule has 93 heavy (non-hydrogen) atoms. The number of unbranched alkanes of at least 4 members (excludes halogenated alkanes) is 41. The standard InChI is InChI=1S/C74H144O17P2/c1-7-11-13-15-17-19-21-25-30-33-37-44-50-56-71(76)84-62-69(90-74(79)59-53-47-39-35-31-27-24-23-26-28-32-36-42-48-54-66(5)9-3)64-88-92(80,81)86-60-68(75)61-87-93(82,83)89-65-70(63-85-72(77)57-51-45-41-40-43-49-55-67(6)10-4)91-73(78)58-52-46-38-34-29-22-20-18-16-14-12-8-2/h66-70,75H,7-65H2,1-6H3,(H,80,81)(H,82,83)/t66?,67?,68-,69-,70-/m1/s1. The van der Waals surface area contributed by atoms with Crippen molar-refractivity contribution in [2.24, 2.45) is 11.8 Å². The van der Waals surface area contributed by atoms with E-state index in [1.165, 1.54) is 193 Å². The summed E-state index contributed by atoms with van der Waals surface area (Å²) in [7, 11) is -9.91. The summed E-state index contributed by atoms with van der Waals surface area (Å²) in [6.45, 7) is 9.60.